The highest BCUT2D eigenvalue weighted by Gasteiger charge is 2.23. The molecule has 0 radical (unpaired) electrons. The Labute approximate surface area is 139 Å². The number of amides is 1. The minimum Gasteiger partial charge on any atom is -0.506 e. The van der Waals surface area contributed by atoms with Crippen LogP contribution in [0.25, 0.3) is 0 Å². The van der Waals surface area contributed by atoms with E-state index in [1.807, 2.05) is 12.1 Å². The lowest BCUT2D eigenvalue weighted by Crippen LogP contribution is -2.48. The molecule has 1 aromatic heterocycles. The quantitative estimate of drug-likeness (QED) is 0.901. The standard InChI is InChI=1S/C16H17ClN4O2/c17-13-9-11(5-6-14(13)22)16(23)19-12-3-2-8-21(10-12)15-4-1-7-18-20-15/h1,4-7,9,12,22H,2-3,8,10H2,(H,19,23)/t12-/m1/s1. The average Bonchev–Trinajstić information content (AvgIpc) is 2.58. The van der Waals surface area contributed by atoms with Gasteiger partial charge in [-0.3, -0.25) is 4.79 Å². The highest BCUT2D eigenvalue weighted by atomic mass is 35.5. The number of nitrogens with one attached hydrogen (secondary N) is 1. The Morgan fingerprint density at radius 1 is 1.39 bits per heavy atom. The molecule has 2 heterocycles. The van der Waals surface area contributed by atoms with Crippen LogP contribution in [0.5, 0.6) is 5.75 Å². The minimum atomic E-state index is -0.196. The molecule has 0 aliphatic carbocycles. The van der Waals surface area contributed by atoms with Crippen LogP contribution in [-0.4, -0.2) is 40.3 Å². The fourth-order valence-corrected chi connectivity index (χ4v) is 2.86. The number of hydrogen-bond acceptors (Lipinski definition) is 5. The number of carbonyl (C=O) groups excluding carboxylic acids is 1. The molecule has 1 aliphatic heterocycles. The molecule has 6 nitrogen and oxygen atoms in total. The number of aromatic hydroxyl groups is 1. The molecule has 2 N–H and O–H groups in total. The number of carbonyl (C=O) groups is 1. The molecule has 0 spiro atoms. The van der Waals surface area contributed by atoms with Gasteiger partial charge in [0.15, 0.2) is 5.82 Å². The largest absolute Gasteiger partial charge is 0.506 e. The van der Waals surface area contributed by atoms with E-state index in [1.165, 1.54) is 12.1 Å². The van der Waals surface area contributed by atoms with Gasteiger partial charge >= 0.3 is 0 Å². The van der Waals surface area contributed by atoms with Crippen molar-refractivity contribution >= 4 is 23.3 Å². The summed E-state index contributed by atoms with van der Waals surface area (Å²) >= 11 is 5.85. The lowest BCUT2D eigenvalue weighted by Gasteiger charge is -2.33. The summed E-state index contributed by atoms with van der Waals surface area (Å²) in [5, 5.41) is 20.6. The summed E-state index contributed by atoms with van der Waals surface area (Å²) in [6.45, 7) is 1.59. The van der Waals surface area contributed by atoms with E-state index in [-0.39, 0.29) is 22.7 Å². The minimum absolute atomic E-state index is 0.0327. The molecule has 120 valence electrons. The Bertz CT molecular complexity index is 696. The van der Waals surface area contributed by atoms with Crippen molar-refractivity contribution in [3.63, 3.8) is 0 Å². The molecule has 0 unspecified atom stereocenters. The first-order valence-corrected chi connectivity index (χ1v) is 7.83. The van der Waals surface area contributed by atoms with Crippen molar-refractivity contribution in [1.29, 1.82) is 0 Å². The number of nitrogens with zero attached hydrogens (tertiary/aromatic N) is 3. The van der Waals surface area contributed by atoms with Crippen molar-refractivity contribution < 1.29 is 9.90 Å². The first-order chi connectivity index (χ1) is 11.1. The number of piperidine rings is 1. The van der Waals surface area contributed by atoms with Crippen LogP contribution in [0.1, 0.15) is 23.2 Å². The fourth-order valence-electron chi connectivity index (χ4n) is 2.68. The zero-order valence-electron chi connectivity index (χ0n) is 12.4. The molecule has 1 atom stereocenters. The van der Waals surface area contributed by atoms with E-state index in [4.69, 9.17) is 11.6 Å². The Morgan fingerprint density at radius 3 is 3.00 bits per heavy atom. The van der Waals surface area contributed by atoms with Gasteiger partial charge in [-0.2, -0.15) is 5.10 Å². The van der Waals surface area contributed by atoms with Crippen molar-refractivity contribution in [1.82, 2.24) is 15.5 Å². The van der Waals surface area contributed by atoms with Gasteiger partial charge in [0.2, 0.25) is 0 Å². The third-order valence-corrected chi connectivity index (χ3v) is 4.15. The Balaban J connectivity index is 1.65. The number of benzene rings is 1. The van der Waals surface area contributed by atoms with E-state index in [0.717, 1.165) is 25.2 Å². The predicted molar refractivity (Wildman–Crippen MR) is 87.9 cm³/mol. The molecule has 1 aliphatic rings. The number of rotatable bonds is 3. The maximum atomic E-state index is 12.3. The van der Waals surface area contributed by atoms with Gasteiger partial charge in [0, 0.05) is 30.9 Å². The van der Waals surface area contributed by atoms with E-state index in [1.54, 1.807) is 12.3 Å². The first kappa shape index (κ1) is 15.6. The van der Waals surface area contributed by atoms with Gasteiger partial charge in [-0.15, -0.1) is 5.10 Å². The van der Waals surface area contributed by atoms with Gasteiger partial charge in [-0.25, -0.2) is 0 Å². The lowest BCUT2D eigenvalue weighted by molar-refractivity contribution is 0.0933. The molecule has 1 aromatic carbocycles. The molecule has 23 heavy (non-hydrogen) atoms. The van der Waals surface area contributed by atoms with E-state index in [9.17, 15) is 9.90 Å². The first-order valence-electron chi connectivity index (χ1n) is 7.45. The van der Waals surface area contributed by atoms with E-state index >= 15 is 0 Å². The third-order valence-electron chi connectivity index (χ3n) is 3.85. The molecule has 0 saturated carbocycles. The van der Waals surface area contributed by atoms with Crippen molar-refractivity contribution in [2.45, 2.75) is 18.9 Å². The highest BCUT2D eigenvalue weighted by Crippen LogP contribution is 2.24. The maximum Gasteiger partial charge on any atom is 0.251 e. The number of hydrogen-bond donors (Lipinski definition) is 2. The zero-order chi connectivity index (χ0) is 16.2. The van der Waals surface area contributed by atoms with Crippen LogP contribution in [0.2, 0.25) is 5.02 Å². The van der Waals surface area contributed by atoms with Crippen LogP contribution in [0.3, 0.4) is 0 Å². The van der Waals surface area contributed by atoms with Crippen LogP contribution in [0, 0.1) is 0 Å². The summed E-state index contributed by atoms with van der Waals surface area (Å²) in [5.74, 6) is 0.590. The van der Waals surface area contributed by atoms with Gasteiger partial charge in [-0.1, -0.05) is 11.6 Å². The fraction of sp³-hybridized carbons (Fsp3) is 0.312. The van der Waals surface area contributed by atoms with Crippen LogP contribution in [-0.2, 0) is 0 Å². The van der Waals surface area contributed by atoms with Gasteiger partial charge in [0.25, 0.3) is 5.91 Å². The summed E-state index contributed by atoms with van der Waals surface area (Å²) in [6.07, 6.45) is 3.52. The van der Waals surface area contributed by atoms with Crippen LogP contribution < -0.4 is 10.2 Å². The molecule has 1 fully saturated rings. The number of aromatic nitrogens is 2. The number of phenols is 1. The van der Waals surface area contributed by atoms with E-state index in [0.29, 0.717) is 12.1 Å². The van der Waals surface area contributed by atoms with E-state index in [2.05, 4.69) is 20.4 Å². The van der Waals surface area contributed by atoms with E-state index < -0.39 is 0 Å². The maximum absolute atomic E-state index is 12.3. The molecule has 0 bridgehead atoms. The molecule has 1 saturated heterocycles. The average molecular weight is 333 g/mol. The predicted octanol–water partition coefficient (Wildman–Crippen LogP) is 2.23. The van der Waals surface area contributed by atoms with Crippen molar-refractivity contribution in [3.05, 3.63) is 47.1 Å². The normalized spacial score (nSPS) is 17.8. The summed E-state index contributed by atoms with van der Waals surface area (Å²) in [5.41, 5.74) is 0.435. The van der Waals surface area contributed by atoms with Gasteiger partial charge in [0.1, 0.15) is 5.75 Å². The SMILES string of the molecule is O=C(N[C@@H]1CCCN(c2cccnn2)C1)c1ccc(O)c(Cl)c1. The zero-order valence-corrected chi connectivity index (χ0v) is 13.2. The highest BCUT2D eigenvalue weighted by molar-refractivity contribution is 6.32. The molecule has 2 aromatic rings. The summed E-state index contributed by atoms with van der Waals surface area (Å²) in [7, 11) is 0. The van der Waals surface area contributed by atoms with Crippen LogP contribution in [0.15, 0.2) is 36.5 Å². The smallest absolute Gasteiger partial charge is 0.251 e. The second-order valence-electron chi connectivity index (χ2n) is 5.51. The number of phenolic OH excluding ortho intramolecular Hbond substituents is 1. The van der Waals surface area contributed by atoms with Crippen molar-refractivity contribution in [2.75, 3.05) is 18.0 Å². The van der Waals surface area contributed by atoms with Crippen molar-refractivity contribution in [2.24, 2.45) is 0 Å². The monoisotopic (exact) mass is 332 g/mol. The van der Waals surface area contributed by atoms with Crippen LogP contribution in [0.4, 0.5) is 5.82 Å². The second kappa shape index (κ2) is 6.83. The third kappa shape index (κ3) is 3.71. The van der Waals surface area contributed by atoms with Gasteiger partial charge in [0.05, 0.1) is 5.02 Å². The van der Waals surface area contributed by atoms with Gasteiger partial charge < -0.3 is 15.3 Å². The second-order valence-corrected chi connectivity index (χ2v) is 5.91. The number of anilines is 1. The Hall–Kier alpha value is -2.34. The molecule has 7 heteroatoms. The Kier molecular flexibility index (Phi) is 4.62. The number of halogens is 1. The summed E-state index contributed by atoms with van der Waals surface area (Å²) in [4.78, 5) is 14.4. The lowest BCUT2D eigenvalue weighted by atomic mass is 10.0. The molecule has 3 rings (SSSR count). The molecule has 1 amide bonds. The summed E-state index contributed by atoms with van der Waals surface area (Å²) in [6, 6.07) is 8.24. The molecular weight excluding hydrogens is 316 g/mol. The van der Waals surface area contributed by atoms with Crippen molar-refractivity contribution in [3.8, 4) is 5.75 Å². The Morgan fingerprint density at radius 2 is 2.26 bits per heavy atom. The summed E-state index contributed by atoms with van der Waals surface area (Å²) < 4.78 is 0. The molecular formula is C16H17ClN4O2. The van der Waals surface area contributed by atoms with Crippen LogP contribution >= 0.6 is 11.6 Å². The van der Waals surface area contributed by atoms with Gasteiger partial charge in [-0.05, 0) is 43.2 Å². The topological polar surface area (TPSA) is 78.4 Å².